The largest absolute Gasteiger partial charge is 0.457 e. The van der Waals surface area contributed by atoms with E-state index >= 15 is 0 Å². The maximum absolute atomic E-state index is 9.03. The van der Waals surface area contributed by atoms with Crippen molar-refractivity contribution in [3.8, 4) is 11.5 Å². The zero-order valence-corrected chi connectivity index (χ0v) is 11.4. The van der Waals surface area contributed by atoms with Gasteiger partial charge in [0.05, 0.1) is 0 Å². The first-order valence-electron chi connectivity index (χ1n) is 6.85. The molecular weight excluding hydrogens is 252 g/mol. The Balaban J connectivity index is 1.90. The van der Waals surface area contributed by atoms with Crippen LogP contribution >= 0.6 is 0 Å². The molecule has 0 aliphatic rings. The van der Waals surface area contributed by atoms with Crippen LogP contribution in [-0.2, 0) is 6.42 Å². The van der Waals surface area contributed by atoms with Crippen LogP contribution in [0.25, 0.3) is 0 Å². The van der Waals surface area contributed by atoms with Crippen LogP contribution in [0.5, 0.6) is 11.5 Å². The van der Waals surface area contributed by atoms with Crippen LogP contribution in [0.15, 0.2) is 54.6 Å². The Hall–Kier alpha value is -1.84. The van der Waals surface area contributed by atoms with E-state index in [1.165, 1.54) is 5.56 Å². The molecule has 2 rings (SSSR count). The van der Waals surface area contributed by atoms with Crippen molar-refractivity contribution in [3.63, 3.8) is 0 Å². The fourth-order valence-corrected chi connectivity index (χ4v) is 1.96. The van der Waals surface area contributed by atoms with Crippen LogP contribution in [-0.4, -0.2) is 23.4 Å². The number of aliphatic hydroxyl groups is 2. The maximum atomic E-state index is 9.03. The molecule has 2 aromatic carbocycles. The number of aryl methyl sites for hydroxylation is 1. The van der Waals surface area contributed by atoms with Crippen LogP contribution in [0, 0.1) is 5.92 Å². The Bertz CT molecular complexity index is 489. The zero-order chi connectivity index (χ0) is 14.2. The number of hydrogen-bond acceptors (Lipinski definition) is 3. The van der Waals surface area contributed by atoms with Gasteiger partial charge in [-0.3, -0.25) is 0 Å². The van der Waals surface area contributed by atoms with Gasteiger partial charge in [0.15, 0.2) is 0 Å². The minimum Gasteiger partial charge on any atom is -0.457 e. The first-order valence-corrected chi connectivity index (χ1v) is 6.85. The standard InChI is InChI=1S/C17H20O3/c18-12-15(13-19)7-6-14-8-10-17(11-9-14)20-16-4-2-1-3-5-16/h1-5,8-11,15,18-19H,6-7,12-13H2. The predicted octanol–water partition coefficient (Wildman–Crippen LogP) is 3.01. The van der Waals surface area contributed by atoms with Gasteiger partial charge in [-0.05, 0) is 42.7 Å². The third kappa shape index (κ3) is 4.37. The predicted molar refractivity (Wildman–Crippen MR) is 78.9 cm³/mol. The molecule has 0 saturated carbocycles. The first-order chi connectivity index (χ1) is 9.81. The van der Waals surface area contributed by atoms with Crippen LogP contribution in [0.3, 0.4) is 0 Å². The normalized spacial score (nSPS) is 10.8. The van der Waals surface area contributed by atoms with Gasteiger partial charge in [0, 0.05) is 19.1 Å². The molecule has 0 amide bonds. The number of aliphatic hydroxyl groups excluding tert-OH is 2. The van der Waals surface area contributed by atoms with E-state index in [0.29, 0.717) is 0 Å². The van der Waals surface area contributed by atoms with E-state index in [-0.39, 0.29) is 19.1 Å². The Morgan fingerprint density at radius 2 is 1.40 bits per heavy atom. The van der Waals surface area contributed by atoms with Gasteiger partial charge < -0.3 is 14.9 Å². The van der Waals surface area contributed by atoms with Gasteiger partial charge in [-0.15, -0.1) is 0 Å². The van der Waals surface area contributed by atoms with E-state index in [0.717, 1.165) is 24.3 Å². The number of para-hydroxylation sites is 1. The second kappa shape index (κ2) is 7.68. The Labute approximate surface area is 119 Å². The maximum Gasteiger partial charge on any atom is 0.127 e. The van der Waals surface area contributed by atoms with Gasteiger partial charge in [0.1, 0.15) is 11.5 Å². The monoisotopic (exact) mass is 272 g/mol. The highest BCUT2D eigenvalue weighted by Gasteiger charge is 2.06. The summed E-state index contributed by atoms with van der Waals surface area (Å²) in [4.78, 5) is 0. The molecule has 106 valence electrons. The third-order valence-corrected chi connectivity index (χ3v) is 3.26. The van der Waals surface area contributed by atoms with Crippen LogP contribution in [0.4, 0.5) is 0 Å². The SMILES string of the molecule is OCC(CO)CCc1ccc(Oc2ccccc2)cc1. The van der Waals surface area contributed by atoms with Crippen molar-refractivity contribution in [2.75, 3.05) is 13.2 Å². The number of benzene rings is 2. The second-order valence-corrected chi connectivity index (χ2v) is 4.83. The first kappa shape index (κ1) is 14.6. The summed E-state index contributed by atoms with van der Waals surface area (Å²) in [5.74, 6) is 1.59. The van der Waals surface area contributed by atoms with E-state index in [1.807, 2.05) is 54.6 Å². The van der Waals surface area contributed by atoms with Crippen LogP contribution in [0.1, 0.15) is 12.0 Å². The van der Waals surface area contributed by atoms with E-state index in [2.05, 4.69) is 0 Å². The second-order valence-electron chi connectivity index (χ2n) is 4.83. The summed E-state index contributed by atoms with van der Waals surface area (Å²) >= 11 is 0. The highest BCUT2D eigenvalue weighted by molar-refractivity contribution is 5.32. The Kier molecular flexibility index (Phi) is 5.59. The molecule has 0 heterocycles. The van der Waals surface area contributed by atoms with Crippen LogP contribution in [0.2, 0.25) is 0 Å². The van der Waals surface area contributed by atoms with E-state index < -0.39 is 0 Å². The summed E-state index contributed by atoms with van der Waals surface area (Å²) in [6, 6.07) is 17.6. The van der Waals surface area contributed by atoms with E-state index in [1.54, 1.807) is 0 Å². The third-order valence-electron chi connectivity index (χ3n) is 3.26. The average molecular weight is 272 g/mol. The molecule has 0 aliphatic heterocycles. The van der Waals surface area contributed by atoms with Gasteiger partial charge in [-0.1, -0.05) is 30.3 Å². The Morgan fingerprint density at radius 3 is 2.00 bits per heavy atom. The molecule has 0 fully saturated rings. The van der Waals surface area contributed by atoms with Crippen molar-refractivity contribution < 1.29 is 14.9 Å². The molecule has 0 spiro atoms. The number of hydrogen-bond donors (Lipinski definition) is 2. The molecule has 20 heavy (non-hydrogen) atoms. The van der Waals surface area contributed by atoms with Crippen molar-refractivity contribution in [3.05, 3.63) is 60.2 Å². The number of rotatable bonds is 7. The lowest BCUT2D eigenvalue weighted by Gasteiger charge is -2.11. The lowest BCUT2D eigenvalue weighted by Crippen LogP contribution is -2.11. The lowest BCUT2D eigenvalue weighted by molar-refractivity contribution is 0.144. The highest BCUT2D eigenvalue weighted by atomic mass is 16.5. The summed E-state index contributed by atoms with van der Waals surface area (Å²) in [5.41, 5.74) is 1.18. The van der Waals surface area contributed by atoms with Gasteiger partial charge in [-0.2, -0.15) is 0 Å². The molecule has 3 heteroatoms. The van der Waals surface area contributed by atoms with Gasteiger partial charge in [0.2, 0.25) is 0 Å². The summed E-state index contributed by atoms with van der Waals surface area (Å²) in [6.07, 6.45) is 1.63. The molecular formula is C17H20O3. The summed E-state index contributed by atoms with van der Waals surface area (Å²) in [6.45, 7) is 0.0669. The van der Waals surface area contributed by atoms with E-state index in [9.17, 15) is 0 Å². The zero-order valence-electron chi connectivity index (χ0n) is 11.4. The van der Waals surface area contributed by atoms with Crippen molar-refractivity contribution in [2.24, 2.45) is 5.92 Å². The molecule has 2 aromatic rings. The number of ether oxygens (including phenoxy) is 1. The molecule has 2 N–H and O–H groups in total. The molecule has 0 aromatic heterocycles. The van der Waals surface area contributed by atoms with Crippen molar-refractivity contribution in [1.29, 1.82) is 0 Å². The summed E-state index contributed by atoms with van der Waals surface area (Å²) in [5, 5.41) is 18.1. The molecule has 0 atom stereocenters. The van der Waals surface area contributed by atoms with Gasteiger partial charge in [-0.25, -0.2) is 0 Å². The van der Waals surface area contributed by atoms with Crippen molar-refractivity contribution in [2.45, 2.75) is 12.8 Å². The van der Waals surface area contributed by atoms with Crippen molar-refractivity contribution >= 4 is 0 Å². The van der Waals surface area contributed by atoms with Crippen LogP contribution < -0.4 is 4.74 Å². The smallest absolute Gasteiger partial charge is 0.127 e. The Morgan fingerprint density at radius 1 is 0.800 bits per heavy atom. The molecule has 3 nitrogen and oxygen atoms in total. The quantitative estimate of drug-likeness (QED) is 0.814. The highest BCUT2D eigenvalue weighted by Crippen LogP contribution is 2.21. The fourth-order valence-electron chi connectivity index (χ4n) is 1.96. The van der Waals surface area contributed by atoms with E-state index in [4.69, 9.17) is 14.9 Å². The topological polar surface area (TPSA) is 49.7 Å². The van der Waals surface area contributed by atoms with Gasteiger partial charge in [0.25, 0.3) is 0 Å². The fraction of sp³-hybridized carbons (Fsp3) is 0.294. The minimum absolute atomic E-state index is 0.0322. The van der Waals surface area contributed by atoms with Crippen molar-refractivity contribution in [1.82, 2.24) is 0 Å². The molecule has 0 bridgehead atoms. The molecule has 0 saturated heterocycles. The summed E-state index contributed by atoms with van der Waals surface area (Å²) < 4.78 is 5.72. The molecule has 0 unspecified atom stereocenters. The lowest BCUT2D eigenvalue weighted by atomic mass is 10.0. The molecule has 0 aliphatic carbocycles. The summed E-state index contributed by atoms with van der Waals surface area (Å²) in [7, 11) is 0. The molecule has 0 radical (unpaired) electrons. The van der Waals surface area contributed by atoms with Gasteiger partial charge >= 0.3 is 0 Å². The minimum atomic E-state index is -0.0322. The average Bonchev–Trinajstić information content (AvgIpc) is 2.51.